The van der Waals surface area contributed by atoms with Crippen molar-refractivity contribution in [1.82, 2.24) is 0 Å². The van der Waals surface area contributed by atoms with Gasteiger partial charge in [0.15, 0.2) is 0 Å². The molecular weight excluding hydrogens is 881 g/mol. The van der Waals surface area contributed by atoms with Crippen molar-refractivity contribution in [3.05, 3.63) is 241 Å². The lowest BCUT2D eigenvalue weighted by atomic mass is 9.99. The van der Waals surface area contributed by atoms with Crippen molar-refractivity contribution in [3.63, 3.8) is 0 Å². The van der Waals surface area contributed by atoms with Crippen molar-refractivity contribution in [3.8, 4) is 45.5 Å². The minimum atomic E-state index is -1.51. The Bertz CT molecular complexity index is 3360. The number of benzene rings is 9. The highest BCUT2D eigenvalue weighted by Crippen LogP contribution is 2.43. The average Bonchev–Trinajstić information content (AvgIpc) is 3.39. The van der Waals surface area contributed by atoms with Gasteiger partial charge in [0.1, 0.15) is 0 Å². The zero-order chi connectivity index (χ0) is 48.8. The number of anilines is 6. The van der Waals surface area contributed by atoms with Crippen molar-refractivity contribution < 1.29 is 0 Å². The standard InChI is InChI=1S/C64H56N4Si2/c1-69(2,3)59-37-33-57(34-38-59)67(63-41-23-49(45-65)43-61(63)53-13-9-7-10-14-53)55-29-21-48(22-30-55)18-17-47-19-25-51(26-20-47)52-27-31-56(32-28-52)68(58-35-39-60(40-36-58)70(4,5)6)64-42-24-50(46-66)44-62(64)54-15-11-8-12-16-54/h7-44H,1-6H3/b18-17+. The first-order valence-corrected chi connectivity index (χ1v) is 30.9. The Morgan fingerprint density at radius 2 is 0.657 bits per heavy atom. The molecule has 0 unspecified atom stereocenters. The summed E-state index contributed by atoms with van der Waals surface area (Å²) in [6, 6.07) is 81.5. The summed E-state index contributed by atoms with van der Waals surface area (Å²) in [5.41, 5.74) is 16.1. The predicted octanol–water partition coefficient (Wildman–Crippen LogP) is 16.6. The Morgan fingerprint density at radius 3 is 1.00 bits per heavy atom. The van der Waals surface area contributed by atoms with E-state index in [0.717, 1.165) is 78.6 Å². The van der Waals surface area contributed by atoms with E-state index in [1.807, 2.05) is 60.7 Å². The molecule has 0 bridgehead atoms. The van der Waals surface area contributed by atoms with E-state index in [0.29, 0.717) is 11.1 Å². The third-order valence-electron chi connectivity index (χ3n) is 12.9. The van der Waals surface area contributed by atoms with Crippen LogP contribution in [0.25, 0.3) is 45.5 Å². The normalized spacial score (nSPS) is 11.5. The van der Waals surface area contributed by atoms with Gasteiger partial charge in [-0.3, -0.25) is 0 Å². The molecule has 6 heteroatoms. The van der Waals surface area contributed by atoms with Gasteiger partial charge in [-0.1, -0.05) is 195 Å². The molecule has 9 rings (SSSR count). The van der Waals surface area contributed by atoms with Crippen LogP contribution in [0.5, 0.6) is 0 Å². The van der Waals surface area contributed by atoms with E-state index in [1.165, 1.54) is 10.4 Å². The van der Waals surface area contributed by atoms with Crippen LogP contribution in [0, 0.1) is 22.7 Å². The monoisotopic (exact) mass is 936 g/mol. The Morgan fingerprint density at radius 1 is 0.343 bits per heavy atom. The van der Waals surface area contributed by atoms with E-state index in [9.17, 15) is 10.5 Å². The first-order chi connectivity index (χ1) is 33.9. The molecular formula is C64H56N4Si2. The van der Waals surface area contributed by atoms with Crippen molar-refractivity contribution in [2.45, 2.75) is 39.3 Å². The zero-order valence-electron chi connectivity index (χ0n) is 40.7. The highest BCUT2D eigenvalue weighted by molar-refractivity contribution is 6.89. The SMILES string of the molecule is C[Si](C)(C)c1ccc(N(c2ccc(/C=C/c3ccc(-c4ccc(N(c5ccc([Si](C)(C)C)cc5)c5ccc(C#N)cc5-c5ccccc5)cc4)cc3)cc2)c2ccc(C#N)cc2-c2ccccc2)cc1. The van der Waals surface area contributed by atoms with Crippen molar-refractivity contribution in [2.75, 3.05) is 9.80 Å². The lowest BCUT2D eigenvalue weighted by molar-refractivity contribution is 1.28. The molecule has 0 fully saturated rings. The fraction of sp³-hybridized carbons (Fsp3) is 0.0938. The molecule has 70 heavy (non-hydrogen) atoms. The molecule has 0 atom stereocenters. The molecule has 0 aliphatic heterocycles. The fourth-order valence-corrected chi connectivity index (χ4v) is 11.2. The molecule has 0 N–H and O–H groups in total. The van der Waals surface area contributed by atoms with Gasteiger partial charge in [0.05, 0.1) is 50.8 Å². The summed E-state index contributed by atoms with van der Waals surface area (Å²) in [4.78, 5) is 4.61. The Balaban J connectivity index is 0.982. The van der Waals surface area contributed by atoms with Gasteiger partial charge in [0.25, 0.3) is 0 Å². The maximum atomic E-state index is 9.91. The number of rotatable bonds is 13. The van der Waals surface area contributed by atoms with Crippen LogP contribution in [-0.4, -0.2) is 16.1 Å². The van der Waals surface area contributed by atoms with Gasteiger partial charge in [-0.05, 0) is 118 Å². The molecule has 0 amide bonds. The minimum absolute atomic E-state index is 0.628. The van der Waals surface area contributed by atoms with Crippen LogP contribution in [0.1, 0.15) is 22.3 Å². The summed E-state index contributed by atoms with van der Waals surface area (Å²) in [6.45, 7) is 14.2. The maximum absolute atomic E-state index is 9.91. The summed E-state index contributed by atoms with van der Waals surface area (Å²) in [5.74, 6) is 0. The largest absolute Gasteiger partial charge is 0.310 e. The molecule has 9 aromatic carbocycles. The molecule has 0 aliphatic carbocycles. The van der Waals surface area contributed by atoms with Gasteiger partial charge < -0.3 is 9.80 Å². The van der Waals surface area contributed by atoms with Crippen LogP contribution in [0.15, 0.2) is 218 Å². The molecule has 0 spiro atoms. The second-order valence-electron chi connectivity index (χ2n) is 19.8. The lowest BCUT2D eigenvalue weighted by Crippen LogP contribution is -2.37. The van der Waals surface area contributed by atoms with Crippen LogP contribution >= 0.6 is 0 Å². The predicted molar refractivity (Wildman–Crippen MR) is 303 cm³/mol. The minimum Gasteiger partial charge on any atom is -0.310 e. The lowest BCUT2D eigenvalue weighted by Gasteiger charge is -2.29. The maximum Gasteiger partial charge on any atom is 0.0991 e. The third-order valence-corrected chi connectivity index (χ3v) is 17.0. The molecule has 9 aromatic rings. The molecule has 0 heterocycles. The van der Waals surface area contributed by atoms with Crippen LogP contribution < -0.4 is 20.2 Å². The van der Waals surface area contributed by atoms with Crippen LogP contribution in [0.3, 0.4) is 0 Å². The van der Waals surface area contributed by atoms with E-state index in [1.54, 1.807) is 0 Å². The van der Waals surface area contributed by atoms with Gasteiger partial charge in [-0.2, -0.15) is 10.5 Å². The van der Waals surface area contributed by atoms with E-state index in [2.05, 4.69) is 231 Å². The number of hydrogen-bond acceptors (Lipinski definition) is 4. The van der Waals surface area contributed by atoms with Gasteiger partial charge >= 0.3 is 0 Å². The van der Waals surface area contributed by atoms with Crippen LogP contribution in [0.4, 0.5) is 34.1 Å². The summed E-state index contributed by atoms with van der Waals surface area (Å²) < 4.78 is 0. The van der Waals surface area contributed by atoms with E-state index in [4.69, 9.17) is 0 Å². The molecule has 0 aliphatic rings. The van der Waals surface area contributed by atoms with E-state index >= 15 is 0 Å². The summed E-state index contributed by atoms with van der Waals surface area (Å²) in [6.07, 6.45) is 4.32. The highest BCUT2D eigenvalue weighted by atomic mass is 28.3. The van der Waals surface area contributed by atoms with Crippen molar-refractivity contribution >= 4 is 72.8 Å². The van der Waals surface area contributed by atoms with Crippen LogP contribution in [-0.2, 0) is 0 Å². The average molecular weight is 937 g/mol. The topological polar surface area (TPSA) is 54.1 Å². The number of nitriles is 2. The summed E-state index contributed by atoms with van der Waals surface area (Å²) in [5, 5.41) is 22.6. The first-order valence-electron chi connectivity index (χ1n) is 23.9. The Labute approximate surface area is 416 Å². The Hall–Kier alpha value is -8.27. The third kappa shape index (κ3) is 10.4. The number of nitrogens with zero attached hydrogens (tertiary/aromatic N) is 4. The Kier molecular flexibility index (Phi) is 13.5. The molecule has 340 valence electrons. The zero-order valence-corrected chi connectivity index (χ0v) is 42.7. The molecule has 0 radical (unpaired) electrons. The van der Waals surface area contributed by atoms with Gasteiger partial charge in [-0.15, -0.1) is 0 Å². The highest BCUT2D eigenvalue weighted by Gasteiger charge is 2.23. The smallest absolute Gasteiger partial charge is 0.0991 e. The molecule has 0 saturated carbocycles. The van der Waals surface area contributed by atoms with Gasteiger partial charge in [-0.25, -0.2) is 0 Å². The van der Waals surface area contributed by atoms with E-state index in [-0.39, 0.29) is 0 Å². The molecule has 4 nitrogen and oxygen atoms in total. The van der Waals surface area contributed by atoms with Crippen molar-refractivity contribution in [1.29, 1.82) is 10.5 Å². The van der Waals surface area contributed by atoms with Gasteiger partial charge in [0, 0.05) is 33.9 Å². The fourth-order valence-electron chi connectivity index (χ4n) is 8.89. The molecule has 0 aromatic heterocycles. The van der Waals surface area contributed by atoms with Crippen LogP contribution in [0.2, 0.25) is 39.3 Å². The summed E-state index contributed by atoms with van der Waals surface area (Å²) in [7, 11) is -3.02. The van der Waals surface area contributed by atoms with E-state index < -0.39 is 16.1 Å². The summed E-state index contributed by atoms with van der Waals surface area (Å²) >= 11 is 0. The second-order valence-corrected chi connectivity index (χ2v) is 29.9. The molecule has 0 saturated heterocycles. The second kappa shape index (κ2) is 20.1. The quantitative estimate of drug-likeness (QED) is 0.0854. The van der Waals surface area contributed by atoms with Crippen molar-refractivity contribution in [2.24, 2.45) is 0 Å². The number of hydrogen-bond donors (Lipinski definition) is 0. The van der Waals surface area contributed by atoms with Gasteiger partial charge in [0.2, 0.25) is 0 Å². The first kappa shape index (κ1) is 46.8.